The largest absolute Gasteiger partial charge is 0.469 e. The Kier molecular flexibility index (Phi) is 6.12. The number of esters is 1. The van der Waals surface area contributed by atoms with Crippen LogP contribution in [0.4, 0.5) is 0 Å². The summed E-state index contributed by atoms with van der Waals surface area (Å²) < 4.78 is 4.72. The van der Waals surface area contributed by atoms with Crippen LogP contribution >= 0.6 is 12.4 Å². The summed E-state index contributed by atoms with van der Waals surface area (Å²) in [7, 11) is 1.46. The van der Waals surface area contributed by atoms with Crippen molar-refractivity contribution in [3.05, 3.63) is 0 Å². The third-order valence-electron chi connectivity index (χ3n) is 3.05. The lowest BCUT2D eigenvalue weighted by atomic mass is 9.79. The zero-order valence-corrected chi connectivity index (χ0v) is 9.68. The number of hydrogen-bond donors (Lipinski definition) is 1. The van der Waals surface area contributed by atoms with Gasteiger partial charge in [-0.15, -0.1) is 12.4 Å². The molecule has 0 radical (unpaired) electrons. The molecule has 1 saturated carbocycles. The Morgan fingerprint density at radius 1 is 1.36 bits per heavy atom. The van der Waals surface area contributed by atoms with Gasteiger partial charge in [-0.05, 0) is 38.5 Å². The number of rotatable bonds is 2. The van der Waals surface area contributed by atoms with Crippen LogP contribution in [0.1, 0.15) is 32.6 Å². The van der Waals surface area contributed by atoms with Crippen LogP contribution in [0.3, 0.4) is 0 Å². The van der Waals surface area contributed by atoms with Crippen LogP contribution in [-0.4, -0.2) is 19.1 Å². The van der Waals surface area contributed by atoms with Crippen molar-refractivity contribution in [2.45, 2.75) is 38.6 Å². The Bertz CT molecular complexity index is 177. The minimum atomic E-state index is -0.0527. The molecule has 0 aromatic rings. The minimum absolute atomic E-state index is 0. The van der Waals surface area contributed by atoms with E-state index in [1.54, 1.807) is 0 Å². The molecule has 0 aromatic carbocycles. The summed E-state index contributed by atoms with van der Waals surface area (Å²) in [5.41, 5.74) is 5.81. The van der Waals surface area contributed by atoms with Gasteiger partial charge in [-0.25, -0.2) is 0 Å². The van der Waals surface area contributed by atoms with Gasteiger partial charge in [0.15, 0.2) is 0 Å². The molecule has 1 aliphatic rings. The summed E-state index contributed by atoms with van der Waals surface area (Å²) in [5, 5.41) is 0. The van der Waals surface area contributed by atoms with Gasteiger partial charge in [-0.1, -0.05) is 0 Å². The van der Waals surface area contributed by atoms with E-state index >= 15 is 0 Å². The zero-order chi connectivity index (χ0) is 9.84. The monoisotopic (exact) mass is 221 g/mol. The first-order chi connectivity index (χ1) is 6.15. The Hall–Kier alpha value is -0.280. The Balaban J connectivity index is 0.00000169. The van der Waals surface area contributed by atoms with Gasteiger partial charge in [0.1, 0.15) is 0 Å². The van der Waals surface area contributed by atoms with E-state index in [0.717, 1.165) is 25.7 Å². The Labute approximate surface area is 91.8 Å². The number of ether oxygens (including phenoxy) is 1. The maximum atomic E-state index is 11.2. The highest BCUT2D eigenvalue weighted by Crippen LogP contribution is 2.30. The van der Waals surface area contributed by atoms with Crippen molar-refractivity contribution in [3.8, 4) is 0 Å². The van der Waals surface area contributed by atoms with E-state index in [0.29, 0.717) is 5.92 Å². The molecule has 4 heteroatoms. The van der Waals surface area contributed by atoms with Crippen LogP contribution in [0.15, 0.2) is 0 Å². The normalized spacial score (nSPS) is 28.8. The number of halogens is 1. The van der Waals surface area contributed by atoms with Gasteiger partial charge in [-0.2, -0.15) is 0 Å². The quantitative estimate of drug-likeness (QED) is 0.723. The van der Waals surface area contributed by atoms with Gasteiger partial charge in [0.25, 0.3) is 0 Å². The lowest BCUT2D eigenvalue weighted by molar-refractivity contribution is -0.146. The first-order valence-corrected chi connectivity index (χ1v) is 4.98. The molecule has 0 saturated heterocycles. The number of hydrogen-bond acceptors (Lipinski definition) is 3. The molecule has 0 amide bonds. The molecule has 0 bridgehead atoms. The summed E-state index contributed by atoms with van der Waals surface area (Å²) in [6.07, 6.45) is 4.02. The van der Waals surface area contributed by atoms with Gasteiger partial charge in [0.05, 0.1) is 13.0 Å². The molecule has 1 aliphatic carbocycles. The predicted molar refractivity (Wildman–Crippen MR) is 58.4 cm³/mol. The topological polar surface area (TPSA) is 52.3 Å². The highest BCUT2D eigenvalue weighted by Gasteiger charge is 2.28. The van der Waals surface area contributed by atoms with E-state index in [-0.39, 0.29) is 30.3 Å². The highest BCUT2D eigenvalue weighted by molar-refractivity contribution is 5.85. The first-order valence-electron chi connectivity index (χ1n) is 4.98. The zero-order valence-electron chi connectivity index (χ0n) is 8.86. The fourth-order valence-electron chi connectivity index (χ4n) is 2.05. The number of methoxy groups -OCH3 is 1. The third-order valence-corrected chi connectivity index (χ3v) is 3.05. The molecule has 1 atom stereocenters. The van der Waals surface area contributed by atoms with Gasteiger partial charge >= 0.3 is 5.97 Å². The summed E-state index contributed by atoms with van der Waals surface area (Å²) in [4.78, 5) is 11.2. The maximum absolute atomic E-state index is 11.2. The van der Waals surface area contributed by atoms with Crippen LogP contribution in [0.25, 0.3) is 0 Å². The smallest absolute Gasteiger partial charge is 0.308 e. The molecule has 1 rings (SSSR count). The highest BCUT2D eigenvalue weighted by atomic mass is 35.5. The minimum Gasteiger partial charge on any atom is -0.469 e. The number of carbonyl (C=O) groups excluding carboxylic acids is 1. The second-order valence-electron chi connectivity index (χ2n) is 3.99. The van der Waals surface area contributed by atoms with Crippen LogP contribution in [-0.2, 0) is 9.53 Å². The van der Waals surface area contributed by atoms with Crippen LogP contribution < -0.4 is 5.73 Å². The molecule has 84 valence electrons. The first kappa shape index (κ1) is 13.7. The standard InChI is InChI=1S/C10H19NO2.ClH/c1-7(11)8-3-5-9(6-4-8)10(12)13-2;/h7-9H,3-6,11H2,1-2H3;1H/t7-,8?,9?;/m1./s1. The van der Waals surface area contributed by atoms with Crippen molar-refractivity contribution in [1.29, 1.82) is 0 Å². The predicted octanol–water partition coefficient (Wildman–Crippen LogP) is 1.73. The molecular formula is C10H20ClNO2. The van der Waals surface area contributed by atoms with Gasteiger partial charge < -0.3 is 10.5 Å². The summed E-state index contributed by atoms with van der Waals surface area (Å²) >= 11 is 0. The van der Waals surface area contributed by atoms with Gasteiger partial charge in [0, 0.05) is 6.04 Å². The summed E-state index contributed by atoms with van der Waals surface area (Å²) in [5.74, 6) is 0.670. The summed E-state index contributed by atoms with van der Waals surface area (Å²) in [6.45, 7) is 2.04. The molecule has 1 fully saturated rings. The second kappa shape index (κ2) is 6.25. The molecule has 0 aliphatic heterocycles. The molecule has 2 N–H and O–H groups in total. The number of nitrogens with two attached hydrogens (primary N) is 1. The van der Waals surface area contributed by atoms with Gasteiger partial charge in [0.2, 0.25) is 0 Å². The van der Waals surface area contributed by atoms with E-state index in [1.807, 2.05) is 6.92 Å². The van der Waals surface area contributed by atoms with E-state index in [9.17, 15) is 4.79 Å². The van der Waals surface area contributed by atoms with Crippen LogP contribution in [0.5, 0.6) is 0 Å². The van der Waals surface area contributed by atoms with E-state index in [1.165, 1.54) is 7.11 Å². The molecule has 14 heavy (non-hydrogen) atoms. The van der Waals surface area contributed by atoms with E-state index in [4.69, 9.17) is 10.5 Å². The van der Waals surface area contributed by atoms with E-state index < -0.39 is 0 Å². The van der Waals surface area contributed by atoms with Crippen molar-refractivity contribution < 1.29 is 9.53 Å². The summed E-state index contributed by atoms with van der Waals surface area (Å²) in [6, 6.07) is 0.263. The van der Waals surface area contributed by atoms with Crippen molar-refractivity contribution >= 4 is 18.4 Å². The molecule has 0 heterocycles. The maximum Gasteiger partial charge on any atom is 0.308 e. The van der Waals surface area contributed by atoms with E-state index in [2.05, 4.69) is 0 Å². The van der Waals surface area contributed by atoms with Crippen molar-refractivity contribution in [2.75, 3.05) is 7.11 Å². The Morgan fingerprint density at radius 3 is 2.21 bits per heavy atom. The molecule has 3 nitrogen and oxygen atoms in total. The molecular weight excluding hydrogens is 202 g/mol. The van der Waals surface area contributed by atoms with Gasteiger partial charge in [-0.3, -0.25) is 4.79 Å². The third kappa shape index (κ3) is 3.46. The van der Waals surface area contributed by atoms with Crippen LogP contribution in [0.2, 0.25) is 0 Å². The lowest BCUT2D eigenvalue weighted by Gasteiger charge is -2.29. The van der Waals surface area contributed by atoms with Crippen molar-refractivity contribution in [3.63, 3.8) is 0 Å². The lowest BCUT2D eigenvalue weighted by Crippen LogP contribution is -2.32. The molecule has 0 spiro atoms. The second-order valence-corrected chi connectivity index (χ2v) is 3.99. The average molecular weight is 222 g/mol. The van der Waals surface area contributed by atoms with Crippen molar-refractivity contribution in [1.82, 2.24) is 0 Å². The average Bonchev–Trinajstić information content (AvgIpc) is 2.17. The SMILES string of the molecule is COC(=O)C1CCC([C@@H](C)N)CC1.Cl. The number of carbonyl (C=O) groups is 1. The Morgan fingerprint density at radius 2 is 1.86 bits per heavy atom. The van der Waals surface area contributed by atoms with Crippen molar-refractivity contribution in [2.24, 2.45) is 17.6 Å². The fraction of sp³-hybridized carbons (Fsp3) is 0.900. The van der Waals surface area contributed by atoms with Crippen LogP contribution in [0, 0.1) is 11.8 Å². The molecule has 0 aromatic heterocycles. The molecule has 0 unspecified atom stereocenters. The fourth-order valence-corrected chi connectivity index (χ4v) is 2.05.